The average molecular weight is 467 g/mol. The van der Waals surface area contributed by atoms with Gasteiger partial charge in [-0.15, -0.1) is 0 Å². The standard InChI is InChI=1S/C29H30N4O2/c1-4-33(5-2)25-14-10-22(11-15-25)18-30-28(34)23-12-16-26(17-13-23)35-29-31-19-24(20-32-29)27-9-7-6-8-21(27)3/h6-17,19-20H,4-5,18H2,1-3H3,(H,30,34). The summed E-state index contributed by atoms with van der Waals surface area (Å²) in [7, 11) is 0. The molecule has 4 aromatic rings. The van der Waals surface area contributed by atoms with E-state index >= 15 is 0 Å². The molecule has 0 bridgehead atoms. The predicted octanol–water partition coefficient (Wildman–Crippen LogP) is 6.02. The molecule has 1 heterocycles. The lowest BCUT2D eigenvalue weighted by atomic mass is 10.0. The van der Waals surface area contributed by atoms with Gasteiger partial charge in [-0.1, -0.05) is 36.4 Å². The van der Waals surface area contributed by atoms with Gasteiger partial charge in [-0.25, -0.2) is 9.97 Å². The number of amides is 1. The summed E-state index contributed by atoms with van der Waals surface area (Å²) in [5.41, 5.74) is 6.00. The van der Waals surface area contributed by atoms with Gasteiger partial charge in [0.05, 0.1) is 0 Å². The Morgan fingerprint density at radius 1 is 0.886 bits per heavy atom. The summed E-state index contributed by atoms with van der Waals surface area (Å²) in [5.74, 6) is 0.431. The summed E-state index contributed by atoms with van der Waals surface area (Å²) in [6.45, 7) is 8.75. The van der Waals surface area contributed by atoms with Crippen LogP contribution in [0.1, 0.15) is 35.3 Å². The van der Waals surface area contributed by atoms with Crippen LogP contribution in [-0.2, 0) is 6.54 Å². The number of nitrogens with zero attached hydrogens (tertiary/aromatic N) is 3. The monoisotopic (exact) mass is 466 g/mol. The lowest BCUT2D eigenvalue weighted by molar-refractivity contribution is 0.0951. The molecule has 0 spiro atoms. The van der Waals surface area contributed by atoms with Crippen molar-refractivity contribution in [3.05, 3.63) is 102 Å². The van der Waals surface area contributed by atoms with Gasteiger partial charge in [0.15, 0.2) is 0 Å². The molecule has 178 valence electrons. The predicted molar refractivity (Wildman–Crippen MR) is 140 cm³/mol. The van der Waals surface area contributed by atoms with Gasteiger partial charge >= 0.3 is 6.01 Å². The minimum atomic E-state index is -0.136. The van der Waals surface area contributed by atoms with Gasteiger partial charge in [-0.3, -0.25) is 4.79 Å². The molecule has 1 aromatic heterocycles. The van der Waals surface area contributed by atoms with Gasteiger partial charge in [-0.05, 0) is 73.9 Å². The van der Waals surface area contributed by atoms with Crippen LogP contribution in [0.25, 0.3) is 11.1 Å². The maximum atomic E-state index is 12.6. The van der Waals surface area contributed by atoms with Crippen molar-refractivity contribution in [2.24, 2.45) is 0 Å². The van der Waals surface area contributed by atoms with E-state index < -0.39 is 0 Å². The molecule has 0 unspecified atom stereocenters. The number of rotatable bonds is 9. The van der Waals surface area contributed by atoms with Crippen molar-refractivity contribution >= 4 is 11.6 Å². The molecule has 3 aromatic carbocycles. The second kappa shape index (κ2) is 11.3. The van der Waals surface area contributed by atoms with Crippen LogP contribution in [0.2, 0.25) is 0 Å². The first-order valence-electron chi connectivity index (χ1n) is 11.9. The van der Waals surface area contributed by atoms with Gasteiger partial charge in [0.2, 0.25) is 0 Å². The van der Waals surface area contributed by atoms with Crippen molar-refractivity contribution < 1.29 is 9.53 Å². The fourth-order valence-corrected chi connectivity index (χ4v) is 3.88. The number of anilines is 1. The molecule has 0 fully saturated rings. The molecule has 35 heavy (non-hydrogen) atoms. The van der Waals surface area contributed by atoms with Crippen LogP contribution in [0.15, 0.2) is 85.2 Å². The SMILES string of the molecule is CCN(CC)c1ccc(CNC(=O)c2ccc(Oc3ncc(-c4ccccc4C)cn3)cc2)cc1. The lowest BCUT2D eigenvalue weighted by Gasteiger charge is -2.21. The minimum absolute atomic E-state index is 0.136. The van der Waals surface area contributed by atoms with Crippen LogP contribution in [-0.4, -0.2) is 29.0 Å². The average Bonchev–Trinajstić information content (AvgIpc) is 2.90. The molecule has 0 aliphatic rings. The maximum absolute atomic E-state index is 12.6. The second-order valence-electron chi connectivity index (χ2n) is 8.22. The highest BCUT2D eigenvalue weighted by Gasteiger charge is 2.08. The number of benzene rings is 3. The highest BCUT2D eigenvalue weighted by Crippen LogP contribution is 2.24. The summed E-state index contributed by atoms with van der Waals surface area (Å²) >= 11 is 0. The van der Waals surface area contributed by atoms with Crippen LogP contribution < -0.4 is 15.0 Å². The zero-order valence-electron chi connectivity index (χ0n) is 20.4. The number of carbonyl (C=O) groups is 1. The van der Waals surface area contributed by atoms with Gasteiger partial charge in [0, 0.05) is 48.8 Å². The molecule has 0 aliphatic heterocycles. The molecule has 0 radical (unpaired) electrons. The molecule has 0 atom stereocenters. The summed E-state index contributed by atoms with van der Waals surface area (Å²) in [6.07, 6.45) is 3.50. The Balaban J connectivity index is 1.32. The lowest BCUT2D eigenvalue weighted by Crippen LogP contribution is -2.23. The summed E-state index contributed by atoms with van der Waals surface area (Å²) < 4.78 is 5.75. The van der Waals surface area contributed by atoms with Crippen molar-refractivity contribution in [1.29, 1.82) is 0 Å². The number of aryl methyl sites for hydroxylation is 1. The van der Waals surface area contributed by atoms with Gasteiger partial charge in [0.1, 0.15) is 5.75 Å². The van der Waals surface area contributed by atoms with Gasteiger partial charge in [-0.2, -0.15) is 0 Å². The Bertz CT molecular complexity index is 1250. The Kier molecular flexibility index (Phi) is 7.73. The first-order valence-corrected chi connectivity index (χ1v) is 11.9. The van der Waals surface area contributed by atoms with Crippen molar-refractivity contribution in [2.45, 2.75) is 27.3 Å². The number of ether oxygens (including phenoxy) is 1. The topological polar surface area (TPSA) is 67.4 Å². The van der Waals surface area contributed by atoms with Crippen molar-refractivity contribution in [3.63, 3.8) is 0 Å². The molecule has 4 rings (SSSR count). The number of carbonyl (C=O) groups excluding carboxylic acids is 1. The summed E-state index contributed by atoms with van der Waals surface area (Å²) in [5, 5.41) is 2.97. The van der Waals surface area contributed by atoms with Crippen molar-refractivity contribution in [2.75, 3.05) is 18.0 Å². The molecule has 0 saturated carbocycles. The number of hydrogen-bond acceptors (Lipinski definition) is 5. The summed E-state index contributed by atoms with van der Waals surface area (Å²) in [6, 6.07) is 23.6. The quantitative estimate of drug-likeness (QED) is 0.327. The largest absolute Gasteiger partial charge is 0.424 e. The zero-order valence-corrected chi connectivity index (χ0v) is 20.4. The smallest absolute Gasteiger partial charge is 0.321 e. The van der Waals surface area contributed by atoms with E-state index in [1.165, 1.54) is 5.69 Å². The van der Waals surface area contributed by atoms with E-state index in [-0.39, 0.29) is 11.9 Å². The number of aromatic nitrogens is 2. The van der Waals surface area contributed by atoms with E-state index in [2.05, 4.69) is 71.3 Å². The zero-order chi connectivity index (χ0) is 24.6. The van der Waals surface area contributed by atoms with Crippen LogP contribution >= 0.6 is 0 Å². The normalized spacial score (nSPS) is 10.6. The van der Waals surface area contributed by atoms with Crippen LogP contribution in [0.3, 0.4) is 0 Å². The van der Waals surface area contributed by atoms with E-state index in [0.29, 0.717) is 17.9 Å². The first kappa shape index (κ1) is 24.0. The summed E-state index contributed by atoms with van der Waals surface area (Å²) in [4.78, 5) is 23.5. The van der Waals surface area contributed by atoms with Crippen molar-refractivity contribution in [1.82, 2.24) is 15.3 Å². The van der Waals surface area contributed by atoms with Crippen LogP contribution in [0, 0.1) is 6.92 Å². The van der Waals surface area contributed by atoms with Gasteiger partial charge < -0.3 is 15.0 Å². The third-order valence-electron chi connectivity index (χ3n) is 5.93. The molecular weight excluding hydrogens is 436 g/mol. The Morgan fingerprint density at radius 2 is 1.54 bits per heavy atom. The van der Waals surface area contributed by atoms with E-state index in [1.54, 1.807) is 36.7 Å². The second-order valence-corrected chi connectivity index (χ2v) is 8.22. The third-order valence-corrected chi connectivity index (χ3v) is 5.93. The highest BCUT2D eigenvalue weighted by molar-refractivity contribution is 5.94. The number of nitrogens with one attached hydrogen (secondary N) is 1. The fraction of sp³-hybridized carbons (Fsp3) is 0.207. The molecule has 0 aliphatic carbocycles. The van der Waals surface area contributed by atoms with E-state index in [1.807, 2.05) is 18.2 Å². The van der Waals surface area contributed by atoms with E-state index in [9.17, 15) is 4.79 Å². The van der Waals surface area contributed by atoms with Gasteiger partial charge in [0.25, 0.3) is 5.91 Å². The molecule has 6 nitrogen and oxygen atoms in total. The minimum Gasteiger partial charge on any atom is -0.424 e. The molecule has 1 N–H and O–H groups in total. The maximum Gasteiger partial charge on any atom is 0.321 e. The molecular formula is C29H30N4O2. The van der Waals surface area contributed by atoms with Crippen molar-refractivity contribution in [3.8, 4) is 22.9 Å². The first-order chi connectivity index (χ1) is 17.1. The Morgan fingerprint density at radius 3 is 2.17 bits per heavy atom. The molecule has 6 heteroatoms. The highest BCUT2D eigenvalue weighted by atomic mass is 16.5. The molecule has 0 saturated heterocycles. The Labute approximate surface area is 206 Å². The Hall–Kier alpha value is -4.19. The van der Waals surface area contributed by atoms with Crippen LogP contribution in [0.5, 0.6) is 11.8 Å². The fourth-order valence-electron chi connectivity index (χ4n) is 3.88. The molecule has 1 amide bonds. The number of hydrogen-bond donors (Lipinski definition) is 1. The third kappa shape index (κ3) is 6.03. The van der Waals surface area contributed by atoms with Crippen LogP contribution in [0.4, 0.5) is 5.69 Å². The van der Waals surface area contributed by atoms with E-state index in [4.69, 9.17) is 4.74 Å². The van der Waals surface area contributed by atoms with E-state index in [0.717, 1.165) is 35.3 Å².